The molecule has 0 aliphatic rings. The highest BCUT2D eigenvalue weighted by Crippen LogP contribution is 2.31. The monoisotopic (exact) mass is 222 g/mol. The Kier molecular flexibility index (Phi) is 7.23. The molecule has 84 valence electrons. The molecule has 0 unspecified atom stereocenters. The molecule has 0 fully saturated rings. The quantitative estimate of drug-likeness (QED) is 0.619. The Morgan fingerprint density at radius 2 is 1.87 bits per heavy atom. The van der Waals surface area contributed by atoms with Gasteiger partial charge in [-0.05, 0) is 29.4 Å². The summed E-state index contributed by atoms with van der Waals surface area (Å²) >= 11 is 1.72. The lowest BCUT2D eigenvalue weighted by Gasteiger charge is -2.12. The Hall–Kier alpha value is -0.690. The Morgan fingerprint density at radius 3 is 2.33 bits per heavy atom. The molecule has 1 aromatic carbocycles. The fourth-order valence-electron chi connectivity index (χ4n) is 1.37. The van der Waals surface area contributed by atoms with Gasteiger partial charge in [-0.2, -0.15) is 0 Å². The topological polar surface area (TPSA) is 0 Å². The molecule has 0 bridgehead atoms. The van der Waals surface area contributed by atoms with Crippen LogP contribution in [0.4, 0.5) is 0 Å². The van der Waals surface area contributed by atoms with Gasteiger partial charge in [0.15, 0.2) is 0 Å². The van der Waals surface area contributed by atoms with Crippen LogP contribution in [0.1, 0.15) is 44.7 Å². The molecule has 0 heterocycles. The molecule has 0 amide bonds. The lowest BCUT2D eigenvalue weighted by molar-refractivity contribution is 0.838. The summed E-state index contributed by atoms with van der Waals surface area (Å²) < 4.78 is 0. The smallest absolute Gasteiger partial charge is 0.0179 e. The van der Waals surface area contributed by atoms with Gasteiger partial charge in [-0.1, -0.05) is 64.2 Å². The highest BCUT2D eigenvalue weighted by atomic mass is 32.2. The summed E-state index contributed by atoms with van der Waals surface area (Å²) in [5.74, 6) is 0.586. The molecule has 1 heteroatoms. The van der Waals surface area contributed by atoms with Crippen molar-refractivity contribution in [2.24, 2.45) is 0 Å². The van der Waals surface area contributed by atoms with Gasteiger partial charge in [-0.3, -0.25) is 0 Å². The van der Waals surface area contributed by atoms with Crippen LogP contribution in [0.25, 0.3) is 0 Å². The van der Waals surface area contributed by atoms with E-state index in [2.05, 4.69) is 45.5 Å². The fraction of sp³-hybridized carbons (Fsp3) is 0.429. The normalized spacial score (nSPS) is 9.47. The molecule has 1 aromatic rings. The van der Waals surface area contributed by atoms with Crippen molar-refractivity contribution in [3.63, 3.8) is 0 Å². The standard InChI is InChI=1S/C12H16S.C2H6/c1-5-13-12-10(4)7-6-8-11(12)9(2)3;1-2/h5-9H,1H2,2-4H3;1-2H3. The van der Waals surface area contributed by atoms with E-state index in [0.717, 1.165) is 0 Å². The van der Waals surface area contributed by atoms with Gasteiger partial charge in [0, 0.05) is 4.90 Å². The van der Waals surface area contributed by atoms with Crippen LogP contribution in [0.3, 0.4) is 0 Å². The van der Waals surface area contributed by atoms with Gasteiger partial charge < -0.3 is 0 Å². The molecule has 0 saturated heterocycles. The fourth-order valence-corrected chi connectivity index (χ4v) is 2.23. The number of hydrogen-bond acceptors (Lipinski definition) is 1. The second-order valence-corrected chi connectivity index (χ2v) is 4.41. The first-order chi connectivity index (χ1) is 7.16. The Bertz CT molecular complexity index is 300. The molecule has 1 rings (SSSR count). The molecule has 0 aliphatic carbocycles. The number of hydrogen-bond donors (Lipinski definition) is 0. The maximum Gasteiger partial charge on any atom is 0.0179 e. The van der Waals surface area contributed by atoms with Crippen molar-refractivity contribution < 1.29 is 0 Å². The molecule has 0 aromatic heterocycles. The molecule has 0 N–H and O–H groups in total. The summed E-state index contributed by atoms with van der Waals surface area (Å²) in [6.07, 6.45) is 0. The second kappa shape index (κ2) is 7.58. The van der Waals surface area contributed by atoms with Crippen LogP contribution in [0.5, 0.6) is 0 Å². The third-order valence-corrected chi connectivity index (χ3v) is 3.03. The highest BCUT2D eigenvalue weighted by Gasteiger charge is 2.07. The lowest BCUT2D eigenvalue weighted by Crippen LogP contribution is -1.92. The molecule has 0 saturated carbocycles. The minimum Gasteiger partial charge on any atom is -0.0981 e. The maximum atomic E-state index is 3.76. The van der Waals surface area contributed by atoms with E-state index in [4.69, 9.17) is 0 Å². The largest absolute Gasteiger partial charge is 0.0981 e. The van der Waals surface area contributed by atoms with Gasteiger partial charge in [0.1, 0.15) is 0 Å². The second-order valence-electron chi connectivity index (χ2n) is 3.43. The zero-order valence-electron chi connectivity index (χ0n) is 10.5. The van der Waals surface area contributed by atoms with Crippen LogP contribution in [-0.2, 0) is 0 Å². The predicted molar refractivity (Wildman–Crippen MR) is 72.7 cm³/mol. The minimum absolute atomic E-state index is 0.586. The van der Waals surface area contributed by atoms with Gasteiger partial charge in [0.05, 0.1) is 0 Å². The van der Waals surface area contributed by atoms with Crippen molar-refractivity contribution in [1.82, 2.24) is 0 Å². The molecular weight excluding hydrogens is 200 g/mol. The summed E-state index contributed by atoms with van der Waals surface area (Å²) in [6, 6.07) is 6.47. The van der Waals surface area contributed by atoms with Gasteiger partial charge in [-0.25, -0.2) is 0 Å². The summed E-state index contributed by atoms with van der Waals surface area (Å²) in [7, 11) is 0. The number of thioether (sulfide) groups is 1. The van der Waals surface area contributed by atoms with Gasteiger partial charge in [0.2, 0.25) is 0 Å². The summed E-state index contributed by atoms with van der Waals surface area (Å²) in [5, 5.41) is 1.90. The first-order valence-corrected chi connectivity index (χ1v) is 6.42. The van der Waals surface area contributed by atoms with Gasteiger partial charge >= 0.3 is 0 Å². The van der Waals surface area contributed by atoms with E-state index in [1.165, 1.54) is 16.0 Å². The van der Waals surface area contributed by atoms with E-state index >= 15 is 0 Å². The van der Waals surface area contributed by atoms with Crippen molar-refractivity contribution in [1.29, 1.82) is 0 Å². The van der Waals surface area contributed by atoms with Crippen molar-refractivity contribution >= 4 is 11.8 Å². The zero-order valence-corrected chi connectivity index (χ0v) is 11.3. The van der Waals surface area contributed by atoms with Crippen LogP contribution in [-0.4, -0.2) is 0 Å². The SMILES string of the molecule is C=CSc1c(C)cccc1C(C)C.CC. The summed E-state index contributed by atoms with van der Waals surface area (Å²) in [6.45, 7) is 14.4. The molecular formula is C14H22S. The lowest BCUT2D eigenvalue weighted by atomic mass is 10.0. The van der Waals surface area contributed by atoms with Crippen LogP contribution < -0.4 is 0 Å². The molecule has 15 heavy (non-hydrogen) atoms. The van der Waals surface area contributed by atoms with Crippen LogP contribution in [0.2, 0.25) is 0 Å². The molecule has 0 spiro atoms. The third kappa shape index (κ3) is 4.13. The minimum atomic E-state index is 0.586. The first-order valence-electron chi connectivity index (χ1n) is 5.54. The zero-order chi connectivity index (χ0) is 11.8. The van der Waals surface area contributed by atoms with E-state index in [1.54, 1.807) is 11.8 Å². The van der Waals surface area contributed by atoms with Crippen LogP contribution in [0, 0.1) is 6.92 Å². The van der Waals surface area contributed by atoms with Crippen molar-refractivity contribution in [2.45, 2.75) is 45.4 Å². The average Bonchev–Trinajstić information content (AvgIpc) is 2.24. The van der Waals surface area contributed by atoms with Gasteiger partial charge in [-0.15, -0.1) is 0 Å². The number of benzene rings is 1. The van der Waals surface area contributed by atoms with E-state index < -0.39 is 0 Å². The van der Waals surface area contributed by atoms with Crippen LogP contribution in [0.15, 0.2) is 35.1 Å². The van der Waals surface area contributed by atoms with Crippen molar-refractivity contribution in [3.05, 3.63) is 41.3 Å². The number of rotatable bonds is 3. The van der Waals surface area contributed by atoms with E-state index in [-0.39, 0.29) is 0 Å². The third-order valence-electron chi connectivity index (χ3n) is 2.07. The maximum absolute atomic E-state index is 3.76. The molecule has 0 radical (unpaired) electrons. The van der Waals surface area contributed by atoms with Crippen molar-refractivity contribution in [2.75, 3.05) is 0 Å². The Morgan fingerprint density at radius 1 is 1.27 bits per heavy atom. The number of aryl methyl sites for hydroxylation is 1. The summed E-state index contributed by atoms with van der Waals surface area (Å²) in [5.41, 5.74) is 2.76. The Balaban J connectivity index is 0.000000921. The predicted octanol–water partition coefficient (Wildman–Crippen LogP) is 5.38. The van der Waals surface area contributed by atoms with E-state index in [9.17, 15) is 0 Å². The van der Waals surface area contributed by atoms with Crippen LogP contribution >= 0.6 is 11.8 Å². The average molecular weight is 222 g/mol. The van der Waals surface area contributed by atoms with E-state index in [0.29, 0.717) is 5.92 Å². The molecule has 0 nitrogen and oxygen atoms in total. The van der Waals surface area contributed by atoms with Gasteiger partial charge in [0.25, 0.3) is 0 Å². The Labute approximate surface area is 98.8 Å². The molecule has 0 atom stereocenters. The molecule has 0 aliphatic heterocycles. The summed E-state index contributed by atoms with van der Waals surface area (Å²) in [4.78, 5) is 1.37. The van der Waals surface area contributed by atoms with E-state index in [1.807, 2.05) is 19.3 Å². The highest BCUT2D eigenvalue weighted by molar-refractivity contribution is 8.02. The first kappa shape index (κ1) is 14.3. The van der Waals surface area contributed by atoms with Crippen molar-refractivity contribution in [3.8, 4) is 0 Å².